The summed E-state index contributed by atoms with van der Waals surface area (Å²) < 4.78 is 1.49. The zero-order valence-electron chi connectivity index (χ0n) is 9.83. The molecule has 0 atom stereocenters. The van der Waals surface area contributed by atoms with Crippen LogP contribution in [-0.2, 0) is 0 Å². The van der Waals surface area contributed by atoms with E-state index in [9.17, 15) is 9.59 Å². The van der Waals surface area contributed by atoms with Crippen LogP contribution in [0.3, 0.4) is 0 Å². The van der Waals surface area contributed by atoms with Gasteiger partial charge < -0.3 is 4.98 Å². The minimum Gasteiger partial charge on any atom is -0.328 e. The Morgan fingerprint density at radius 2 is 2.05 bits per heavy atom. The van der Waals surface area contributed by atoms with E-state index in [1.54, 1.807) is 6.07 Å². The highest BCUT2D eigenvalue weighted by Gasteiger charge is 2.11. The second-order valence-electron chi connectivity index (χ2n) is 3.96. The third kappa shape index (κ3) is 1.99. The predicted octanol–water partition coefficient (Wildman–Crippen LogP) is 1.11. The van der Waals surface area contributed by atoms with Gasteiger partial charge in [-0.3, -0.25) is 15.0 Å². The van der Waals surface area contributed by atoms with Crippen molar-refractivity contribution >= 4 is 16.9 Å². The molecule has 19 heavy (non-hydrogen) atoms. The summed E-state index contributed by atoms with van der Waals surface area (Å²) in [5, 5.41) is 0. The smallest absolute Gasteiger partial charge is 0.275 e. The summed E-state index contributed by atoms with van der Waals surface area (Å²) in [4.78, 5) is 30.1. The molecule has 0 aliphatic rings. The molecule has 0 saturated carbocycles. The molecule has 2 heterocycles. The molecule has 1 aromatic carbocycles. The molecule has 0 unspecified atom stereocenters. The van der Waals surface area contributed by atoms with Crippen LogP contribution in [0.15, 0.2) is 53.7 Å². The number of hydrogen-bond acceptors (Lipinski definition) is 3. The molecule has 0 aliphatic carbocycles. The lowest BCUT2D eigenvalue weighted by molar-refractivity contribution is 0.101. The van der Waals surface area contributed by atoms with Crippen molar-refractivity contribution in [3.63, 3.8) is 0 Å². The number of H-pyrrole nitrogens is 1. The first-order valence-electron chi connectivity index (χ1n) is 5.67. The minimum atomic E-state index is -0.481. The quantitative estimate of drug-likeness (QED) is 0.719. The van der Waals surface area contributed by atoms with Gasteiger partial charge in [-0.1, -0.05) is 12.1 Å². The van der Waals surface area contributed by atoms with Gasteiger partial charge in [-0.15, -0.1) is 0 Å². The second kappa shape index (κ2) is 4.41. The number of hydrogen-bond donors (Lipinski definition) is 2. The summed E-state index contributed by atoms with van der Waals surface area (Å²) in [5.74, 6) is -0.481. The highest BCUT2D eigenvalue weighted by molar-refractivity contribution is 6.00. The molecule has 2 aromatic heterocycles. The maximum Gasteiger partial charge on any atom is 0.275 e. The van der Waals surface area contributed by atoms with Crippen molar-refractivity contribution in [3.8, 4) is 0 Å². The second-order valence-corrected chi connectivity index (χ2v) is 3.96. The fraction of sp³-hybridized carbons (Fsp3) is 0. The van der Waals surface area contributed by atoms with E-state index < -0.39 is 11.5 Å². The third-order valence-corrected chi connectivity index (χ3v) is 2.74. The molecule has 6 heteroatoms. The number of carbonyl (C=O) groups excluding carboxylic acids is 1. The molecule has 0 spiro atoms. The lowest BCUT2D eigenvalue weighted by Gasteiger charge is -2.06. The average molecular weight is 254 g/mol. The van der Waals surface area contributed by atoms with Crippen LogP contribution >= 0.6 is 0 Å². The van der Waals surface area contributed by atoms with Gasteiger partial charge in [0.05, 0.1) is 11.0 Å². The summed E-state index contributed by atoms with van der Waals surface area (Å²) in [5.41, 5.74) is 3.78. The molecule has 0 aliphatic heterocycles. The van der Waals surface area contributed by atoms with Crippen LogP contribution in [0.25, 0.3) is 11.0 Å². The van der Waals surface area contributed by atoms with Crippen LogP contribution < -0.4 is 11.0 Å². The van der Waals surface area contributed by atoms with Crippen LogP contribution in [0.4, 0.5) is 0 Å². The lowest BCUT2D eigenvalue weighted by atomic mass is 10.3. The van der Waals surface area contributed by atoms with Crippen molar-refractivity contribution in [3.05, 3.63) is 64.8 Å². The van der Waals surface area contributed by atoms with E-state index in [4.69, 9.17) is 0 Å². The molecule has 3 aromatic rings. The number of pyridine rings is 1. The minimum absolute atomic E-state index is 0.0558. The maximum atomic E-state index is 12.0. The van der Waals surface area contributed by atoms with Crippen LogP contribution in [0.5, 0.6) is 0 Å². The first-order valence-corrected chi connectivity index (χ1v) is 5.67. The number of imidazole rings is 1. The molecule has 1 amide bonds. The summed E-state index contributed by atoms with van der Waals surface area (Å²) in [6.07, 6.45) is 2.98. The number of nitrogens with one attached hydrogen (secondary N) is 2. The Kier molecular flexibility index (Phi) is 2.60. The van der Waals surface area contributed by atoms with Crippen molar-refractivity contribution in [2.24, 2.45) is 0 Å². The number of rotatable bonds is 2. The lowest BCUT2D eigenvalue weighted by Crippen LogP contribution is -2.27. The van der Waals surface area contributed by atoms with E-state index >= 15 is 0 Å². The topological polar surface area (TPSA) is 79.8 Å². The maximum absolute atomic E-state index is 12.0. The van der Waals surface area contributed by atoms with E-state index in [0.717, 1.165) is 11.0 Å². The first kappa shape index (κ1) is 11.2. The van der Waals surface area contributed by atoms with Crippen molar-refractivity contribution < 1.29 is 4.79 Å². The van der Waals surface area contributed by atoms with Crippen molar-refractivity contribution in [2.45, 2.75) is 0 Å². The van der Waals surface area contributed by atoms with Gasteiger partial charge in [0.15, 0.2) is 0 Å². The molecular weight excluding hydrogens is 244 g/mol. The largest absolute Gasteiger partial charge is 0.328 e. The molecule has 0 bridgehead atoms. The molecular formula is C13H10N4O2. The van der Waals surface area contributed by atoms with Gasteiger partial charge in [-0.05, 0) is 24.3 Å². The van der Waals surface area contributed by atoms with Crippen LogP contribution in [0.2, 0.25) is 0 Å². The molecule has 0 fully saturated rings. The van der Waals surface area contributed by atoms with E-state index in [2.05, 4.69) is 15.4 Å². The van der Waals surface area contributed by atoms with Crippen molar-refractivity contribution in [1.29, 1.82) is 0 Å². The van der Waals surface area contributed by atoms with Gasteiger partial charge in [0.25, 0.3) is 11.5 Å². The number of para-hydroxylation sites is 2. The Balaban J connectivity index is 1.96. The van der Waals surface area contributed by atoms with Crippen LogP contribution in [0, 0.1) is 0 Å². The van der Waals surface area contributed by atoms with Gasteiger partial charge in [0, 0.05) is 6.20 Å². The van der Waals surface area contributed by atoms with Gasteiger partial charge in [-0.25, -0.2) is 9.66 Å². The number of aromatic amines is 1. The van der Waals surface area contributed by atoms with Crippen molar-refractivity contribution in [1.82, 2.24) is 14.6 Å². The highest BCUT2D eigenvalue weighted by atomic mass is 16.2. The molecule has 2 N–H and O–H groups in total. The number of carbonyl (C=O) groups is 1. The highest BCUT2D eigenvalue weighted by Crippen LogP contribution is 2.10. The fourth-order valence-corrected chi connectivity index (χ4v) is 1.82. The Labute approximate surface area is 107 Å². The fourth-order valence-electron chi connectivity index (χ4n) is 1.82. The van der Waals surface area contributed by atoms with Gasteiger partial charge in [0.1, 0.15) is 11.9 Å². The zero-order chi connectivity index (χ0) is 13.2. The summed E-state index contributed by atoms with van der Waals surface area (Å²) in [6.45, 7) is 0. The number of amides is 1. The standard InChI is InChI=1S/C13H10N4O2/c18-12-9(4-3-7-14-12)13(19)16-17-8-15-10-5-1-2-6-11(10)17/h1-8H,(H,14,18)(H,16,19). The van der Waals surface area contributed by atoms with Crippen molar-refractivity contribution in [2.75, 3.05) is 5.43 Å². The number of nitrogens with zero attached hydrogens (tertiary/aromatic N) is 2. The molecule has 0 radical (unpaired) electrons. The monoisotopic (exact) mass is 254 g/mol. The predicted molar refractivity (Wildman–Crippen MR) is 70.5 cm³/mol. The normalized spacial score (nSPS) is 10.5. The third-order valence-electron chi connectivity index (χ3n) is 2.74. The van der Waals surface area contributed by atoms with Crippen LogP contribution in [0.1, 0.15) is 10.4 Å². The number of benzene rings is 1. The van der Waals surface area contributed by atoms with E-state index in [0.29, 0.717) is 0 Å². The summed E-state index contributed by atoms with van der Waals surface area (Å²) in [7, 11) is 0. The Hall–Kier alpha value is -2.89. The number of fused-ring (bicyclic) bond motifs is 1. The van der Waals surface area contributed by atoms with E-state index in [-0.39, 0.29) is 5.56 Å². The molecule has 0 saturated heterocycles. The average Bonchev–Trinajstić information content (AvgIpc) is 2.83. The van der Waals surface area contributed by atoms with Gasteiger partial charge in [-0.2, -0.15) is 0 Å². The Morgan fingerprint density at radius 3 is 2.89 bits per heavy atom. The first-order chi connectivity index (χ1) is 9.25. The molecule has 6 nitrogen and oxygen atoms in total. The molecule has 3 rings (SSSR count). The Morgan fingerprint density at radius 1 is 1.21 bits per heavy atom. The zero-order valence-corrected chi connectivity index (χ0v) is 9.83. The SMILES string of the molecule is O=C(Nn1cnc2ccccc21)c1ccc[nH]c1=O. The van der Waals surface area contributed by atoms with Gasteiger partial charge in [0.2, 0.25) is 0 Å². The van der Waals surface area contributed by atoms with E-state index in [1.807, 2.05) is 24.3 Å². The Bertz CT molecular complexity index is 803. The van der Waals surface area contributed by atoms with Crippen LogP contribution in [-0.4, -0.2) is 20.6 Å². The molecule has 94 valence electrons. The summed E-state index contributed by atoms with van der Waals surface area (Å²) >= 11 is 0. The number of aromatic nitrogens is 3. The summed E-state index contributed by atoms with van der Waals surface area (Å²) in [6, 6.07) is 10.5. The van der Waals surface area contributed by atoms with E-state index in [1.165, 1.54) is 23.3 Å². The van der Waals surface area contributed by atoms with Gasteiger partial charge >= 0.3 is 0 Å².